The smallest absolute Gasteiger partial charge is 0.253 e. The van der Waals surface area contributed by atoms with Gasteiger partial charge in [0.05, 0.1) is 24.6 Å². The van der Waals surface area contributed by atoms with Crippen molar-refractivity contribution >= 4 is 54.0 Å². The van der Waals surface area contributed by atoms with Gasteiger partial charge in [-0.05, 0) is 55.0 Å². The van der Waals surface area contributed by atoms with Crippen LogP contribution in [0.4, 0.5) is 5.13 Å². The number of methoxy groups -OCH3 is 1. The highest BCUT2D eigenvalue weighted by molar-refractivity contribution is 7.91. The van der Waals surface area contributed by atoms with Crippen LogP contribution in [0.25, 0.3) is 10.2 Å². The quantitative estimate of drug-likeness (QED) is 0.332. The lowest BCUT2D eigenvalue weighted by molar-refractivity contribution is -0.123. The molecule has 4 heterocycles. The third-order valence-corrected chi connectivity index (χ3v) is 10.6. The number of ether oxygens (including phenoxy) is 1. The first-order valence-corrected chi connectivity index (χ1v) is 14.4. The summed E-state index contributed by atoms with van der Waals surface area (Å²) in [5.74, 6) is 0.903. The number of fused-ring (bicyclic) bond motifs is 1. The van der Waals surface area contributed by atoms with Gasteiger partial charge in [-0.2, -0.15) is 4.31 Å². The molecule has 35 heavy (non-hydrogen) atoms. The summed E-state index contributed by atoms with van der Waals surface area (Å²) < 4.78 is 40.4. The van der Waals surface area contributed by atoms with E-state index < -0.39 is 16.1 Å². The summed E-state index contributed by atoms with van der Waals surface area (Å²) >= 11 is 2.55. The zero-order valence-electron chi connectivity index (χ0n) is 19.3. The van der Waals surface area contributed by atoms with Gasteiger partial charge in [-0.1, -0.05) is 29.9 Å². The molecule has 1 aliphatic heterocycles. The van der Waals surface area contributed by atoms with E-state index in [0.717, 1.165) is 28.0 Å². The Bertz CT molecular complexity index is 1430. The largest absolute Gasteiger partial charge is 0.494 e. The first-order valence-electron chi connectivity index (χ1n) is 11.2. The van der Waals surface area contributed by atoms with E-state index in [1.54, 1.807) is 47.9 Å². The lowest BCUT2D eigenvalue weighted by Gasteiger charge is -2.35. The minimum absolute atomic E-state index is 0.149. The van der Waals surface area contributed by atoms with Gasteiger partial charge in [0.1, 0.15) is 27.3 Å². The number of hydrogen-bond acceptors (Lipinski definition) is 8. The molecule has 0 N–H and O–H groups in total. The Morgan fingerprint density at radius 2 is 2.11 bits per heavy atom. The molecule has 4 aromatic rings. The van der Waals surface area contributed by atoms with Crippen LogP contribution >= 0.6 is 22.7 Å². The number of sulfonamides is 1. The van der Waals surface area contributed by atoms with Crippen LogP contribution in [0.1, 0.15) is 30.6 Å². The summed E-state index contributed by atoms with van der Waals surface area (Å²) in [5, 5.41) is 2.21. The summed E-state index contributed by atoms with van der Waals surface area (Å²) in [7, 11) is -2.20. The van der Waals surface area contributed by atoms with E-state index in [9.17, 15) is 13.2 Å². The number of nitrogens with zero attached hydrogens (tertiary/aromatic N) is 3. The number of rotatable bonds is 7. The van der Waals surface area contributed by atoms with Gasteiger partial charge in [-0.3, -0.25) is 9.69 Å². The van der Waals surface area contributed by atoms with E-state index in [2.05, 4.69) is 0 Å². The predicted octanol–water partition coefficient (Wildman–Crippen LogP) is 5.04. The SMILES string of the molecule is COc1ccc(C)c2sc(N(Cc3ccco3)C(=O)C3CCCCN3S(=O)(=O)c3cccs3)nc12. The highest BCUT2D eigenvalue weighted by atomic mass is 32.2. The Balaban J connectivity index is 1.57. The normalized spacial score (nSPS) is 17.0. The van der Waals surface area contributed by atoms with Crippen molar-refractivity contribution in [3.05, 3.63) is 59.4 Å². The van der Waals surface area contributed by atoms with Crippen LogP contribution in [0.2, 0.25) is 0 Å². The van der Waals surface area contributed by atoms with Crippen LogP contribution in [0.3, 0.4) is 0 Å². The zero-order valence-corrected chi connectivity index (χ0v) is 21.8. The standard InChI is InChI=1S/C24H25N3O5S3/c1-16-10-11-19(31-2)21-22(16)34-24(25-21)26(15-17-7-5-13-32-17)23(28)18-8-3-4-12-27(18)35(29,30)20-9-6-14-33-20/h5-7,9-11,13-14,18H,3-4,8,12,15H2,1-2H3. The van der Waals surface area contributed by atoms with Crippen LogP contribution < -0.4 is 9.64 Å². The molecular weight excluding hydrogens is 506 g/mol. The molecule has 0 saturated carbocycles. The van der Waals surface area contributed by atoms with Gasteiger partial charge in [-0.15, -0.1) is 11.3 Å². The molecule has 5 rings (SSSR count). The second-order valence-electron chi connectivity index (χ2n) is 8.32. The molecule has 3 aromatic heterocycles. The molecule has 1 saturated heterocycles. The van der Waals surface area contributed by atoms with Crippen molar-refractivity contribution in [1.82, 2.24) is 9.29 Å². The number of thiazole rings is 1. The van der Waals surface area contributed by atoms with E-state index in [-0.39, 0.29) is 16.7 Å². The Kier molecular flexibility index (Phi) is 6.67. The molecule has 1 fully saturated rings. The Hall–Kier alpha value is -2.73. The molecule has 1 amide bonds. The monoisotopic (exact) mass is 531 g/mol. The van der Waals surface area contributed by atoms with Crippen LogP contribution in [-0.2, 0) is 21.4 Å². The molecule has 11 heteroatoms. The van der Waals surface area contributed by atoms with E-state index in [1.165, 1.54) is 15.6 Å². The number of aryl methyl sites for hydroxylation is 1. The van der Waals surface area contributed by atoms with Crippen LogP contribution in [0.5, 0.6) is 5.75 Å². The maximum absolute atomic E-state index is 14.1. The van der Waals surface area contributed by atoms with Crippen LogP contribution in [0.15, 0.2) is 56.7 Å². The lowest BCUT2D eigenvalue weighted by atomic mass is 10.0. The fourth-order valence-corrected chi connectivity index (χ4v) is 8.15. The summed E-state index contributed by atoms with van der Waals surface area (Å²) in [4.78, 5) is 20.4. The number of anilines is 1. The molecule has 0 aliphatic carbocycles. The van der Waals surface area contributed by atoms with Crippen LogP contribution in [0, 0.1) is 6.92 Å². The molecule has 8 nitrogen and oxygen atoms in total. The first-order chi connectivity index (χ1) is 16.9. The van der Waals surface area contributed by atoms with E-state index in [0.29, 0.717) is 41.5 Å². The molecule has 0 radical (unpaired) electrons. The van der Waals surface area contributed by atoms with Crippen molar-refractivity contribution in [2.45, 2.75) is 43.0 Å². The number of amides is 1. The van der Waals surface area contributed by atoms with Gasteiger partial charge < -0.3 is 9.15 Å². The molecular formula is C24H25N3O5S3. The molecule has 0 bridgehead atoms. The number of carbonyl (C=O) groups is 1. The van der Waals surface area contributed by atoms with Crippen molar-refractivity contribution in [3.63, 3.8) is 0 Å². The summed E-state index contributed by atoms with van der Waals surface area (Å²) in [6, 6.07) is 9.84. The highest BCUT2D eigenvalue weighted by Crippen LogP contribution is 2.38. The van der Waals surface area contributed by atoms with E-state index in [4.69, 9.17) is 14.1 Å². The first kappa shape index (κ1) is 24.0. The third-order valence-electron chi connectivity index (χ3n) is 6.10. The number of piperidine rings is 1. The minimum Gasteiger partial charge on any atom is -0.494 e. The van der Waals surface area contributed by atoms with Gasteiger partial charge in [-0.25, -0.2) is 13.4 Å². The lowest BCUT2D eigenvalue weighted by Crippen LogP contribution is -2.52. The summed E-state index contributed by atoms with van der Waals surface area (Å²) in [6.45, 7) is 2.44. The molecule has 1 aliphatic rings. The molecule has 0 spiro atoms. The fourth-order valence-electron chi connectivity index (χ4n) is 4.32. The second kappa shape index (κ2) is 9.73. The van der Waals surface area contributed by atoms with Crippen molar-refractivity contribution < 1.29 is 22.4 Å². The number of benzene rings is 1. The number of furan rings is 1. The van der Waals surface area contributed by atoms with Gasteiger partial charge >= 0.3 is 0 Å². The van der Waals surface area contributed by atoms with Gasteiger partial charge in [0.15, 0.2) is 5.13 Å². The summed E-state index contributed by atoms with van der Waals surface area (Å²) in [6.07, 6.45) is 3.49. The fraction of sp³-hybridized carbons (Fsp3) is 0.333. The Morgan fingerprint density at radius 1 is 1.26 bits per heavy atom. The van der Waals surface area contributed by atoms with Crippen molar-refractivity contribution in [2.24, 2.45) is 0 Å². The topological polar surface area (TPSA) is 93.0 Å². The van der Waals surface area contributed by atoms with Crippen LogP contribution in [-0.4, -0.2) is 43.3 Å². The Labute approximate surface area is 211 Å². The van der Waals surface area contributed by atoms with Gasteiger partial charge in [0, 0.05) is 6.54 Å². The number of aromatic nitrogens is 1. The van der Waals surface area contributed by atoms with Gasteiger partial charge in [0.25, 0.3) is 10.0 Å². The second-order valence-corrected chi connectivity index (χ2v) is 12.4. The summed E-state index contributed by atoms with van der Waals surface area (Å²) in [5.41, 5.74) is 1.70. The van der Waals surface area contributed by atoms with Crippen molar-refractivity contribution in [3.8, 4) is 5.75 Å². The number of hydrogen-bond donors (Lipinski definition) is 0. The highest BCUT2D eigenvalue weighted by Gasteiger charge is 2.41. The molecule has 1 unspecified atom stereocenters. The van der Waals surface area contributed by atoms with Gasteiger partial charge in [0.2, 0.25) is 5.91 Å². The average Bonchev–Trinajstić information content (AvgIpc) is 3.64. The molecule has 1 atom stereocenters. The zero-order chi connectivity index (χ0) is 24.6. The third kappa shape index (κ3) is 4.49. The van der Waals surface area contributed by atoms with E-state index in [1.807, 2.05) is 19.1 Å². The molecule has 1 aromatic carbocycles. The average molecular weight is 532 g/mol. The number of thiophene rings is 1. The maximum Gasteiger partial charge on any atom is 0.253 e. The maximum atomic E-state index is 14.1. The Morgan fingerprint density at radius 3 is 2.83 bits per heavy atom. The predicted molar refractivity (Wildman–Crippen MR) is 137 cm³/mol. The minimum atomic E-state index is -3.79. The van der Waals surface area contributed by atoms with E-state index >= 15 is 0 Å². The molecule has 184 valence electrons. The van der Waals surface area contributed by atoms with Crippen molar-refractivity contribution in [2.75, 3.05) is 18.6 Å². The number of carbonyl (C=O) groups excluding carboxylic acids is 1. The van der Waals surface area contributed by atoms with Crippen molar-refractivity contribution in [1.29, 1.82) is 0 Å².